The first-order valence-electron chi connectivity index (χ1n) is 4.80. The molecule has 18 heavy (non-hydrogen) atoms. The fourth-order valence-corrected chi connectivity index (χ4v) is 1.92. The molecule has 0 aliphatic carbocycles. The highest BCUT2D eigenvalue weighted by Crippen LogP contribution is 2.19. The molecule has 2 aromatic rings. The van der Waals surface area contributed by atoms with Crippen LogP contribution in [0.2, 0.25) is 15.2 Å². The van der Waals surface area contributed by atoms with Crippen molar-refractivity contribution in [2.45, 2.75) is 0 Å². The molecule has 4 nitrogen and oxygen atoms in total. The molecular formula is C11H6Cl3N3O. The zero-order chi connectivity index (χ0) is 13.1. The van der Waals surface area contributed by atoms with Gasteiger partial charge in [-0.3, -0.25) is 10.1 Å². The molecule has 0 aliphatic heterocycles. The van der Waals surface area contributed by atoms with Gasteiger partial charge < -0.3 is 0 Å². The summed E-state index contributed by atoms with van der Waals surface area (Å²) in [5.74, 6) is -0.301. The van der Waals surface area contributed by atoms with Crippen molar-refractivity contribution in [2.75, 3.05) is 5.32 Å². The van der Waals surface area contributed by atoms with Crippen molar-refractivity contribution >= 4 is 46.7 Å². The highest BCUT2D eigenvalue weighted by Gasteiger charge is 2.09. The van der Waals surface area contributed by atoms with Crippen LogP contribution < -0.4 is 5.32 Å². The Morgan fingerprint density at radius 3 is 2.39 bits per heavy atom. The largest absolute Gasteiger partial charge is 0.290 e. The lowest BCUT2D eigenvalue weighted by molar-refractivity contribution is 0.102. The van der Waals surface area contributed by atoms with Crippen LogP contribution in [0.15, 0.2) is 30.5 Å². The van der Waals surface area contributed by atoms with E-state index in [-0.39, 0.29) is 11.1 Å². The second-order valence-corrected chi connectivity index (χ2v) is 4.58. The molecule has 0 unspecified atom stereocenters. The molecule has 0 atom stereocenters. The number of hydrogen-bond donors (Lipinski definition) is 1. The van der Waals surface area contributed by atoms with Crippen molar-refractivity contribution in [1.29, 1.82) is 0 Å². The van der Waals surface area contributed by atoms with Crippen molar-refractivity contribution in [3.63, 3.8) is 0 Å². The first kappa shape index (κ1) is 13.1. The molecule has 0 bridgehead atoms. The molecule has 7 heteroatoms. The van der Waals surface area contributed by atoms with E-state index in [1.807, 2.05) is 0 Å². The average Bonchev–Trinajstić information content (AvgIpc) is 2.27. The molecule has 0 aliphatic rings. The van der Waals surface area contributed by atoms with Crippen molar-refractivity contribution < 1.29 is 4.79 Å². The maximum Gasteiger partial charge on any atom is 0.258 e. The number of rotatable bonds is 2. The number of carbonyl (C=O) groups excluding carboxylic acids is 1. The number of aromatic nitrogens is 2. The lowest BCUT2D eigenvalue weighted by Gasteiger charge is -2.04. The molecule has 2 rings (SSSR count). The molecular weight excluding hydrogens is 296 g/mol. The maximum absolute atomic E-state index is 11.9. The first-order valence-corrected chi connectivity index (χ1v) is 5.94. The van der Waals surface area contributed by atoms with Crippen LogP contribution in [0, 0.1) is 0 Å². The highest BCUT2D eigenvalue weighted by molar-refractivity contribution is 6.35. The van der Waals surface area contributed by atoms with E-state index in [2.05, 4.69) is 15.3 Å². The third kappa shape index (κ3) is 3.32. The van der Waals surface area contributed by atoms with E-state index in [1.165, 1.54) is 30.5 Å². The lowest BCUT2D eigenvalue weighted by Crippen LogP contribution is -2.14. The van der Waals surface area contributed by atoms with Gasteiger partial charge in [0.1, 0.15) is 5.15 Å². The molecule has 92 valence electrons. The molecule has 1 N–H and O–H groups in total. The molecule has 1 aromatic heterocycles. The molecule has 1 amide bonds. The Kier molecular flexibility index (Phi) is 4.01. The molecule has 1 heterocycles. The molecule has 0 saturated heterocycles. The number of hydrogen-bond acceptors (Lipinski definition) is 3. The minimum Gasteiger partial charge on any atom is -0.290 e. The van der Waals surface area contributed by atoms with E-state index >= 15 is 0 Å². The predicted molar refractivity (Wildman–Crippen MR) is 71.5 cm³/mol. The van der Waals surface area contributed by atoms with Crippen LogP contribution in [-0.4, -0.2) is 15.9 Å². The summed E-state index contributed by atoms with van der Waals surface area (Å²) in [6.45, 7) is 0. The maximum atomic E-state index is 11.9. The second kappa shape index (κ2) is 5.52. The molecule has 0 saturated carbocycles. The number of anilines is 1. The Bertz CT molecular complexity index is 584. The number of nitrogens with one attached hydrogen (secondary N) is 1. The number of carbonyl (C=O) groups is 1. The van der Waals surface area contributed by atoms with Crippen LogP contribution in [0.4, 0.5) is 5.95 Å². The SMILES string of the molecule is O=C(Nc1nccc(Cl)n1)c1cc(Cl)cc(Cl)c1. The van der Waals surface area contributed by atoms with Gasteiger partial charge in [0.05, 0.1) is 0 Å². The van der Waals surface area contributed by atoms with Gasteiger partial charge in [0.25, 0.3) is 5.91 Å². The summed E-state index contributed by atoms with van der Waals surface area (Å²) in [5, 5.41) is 3.48. The van der Waals surface area contributed by atoms with Gasteiger partial charge in [-0.15, -0.1) is 0 Å². The normalized spacial score (nSPS) is 10.2. The van der Waals surface area contributed by atoms with Gasteiger partial charge in [0.15, 0.2) is 0 Å². The van der Waals surface area contributed by atoms with E-state index in [4.69, 9.17) is 34.8 Å². The van der Waals surface area contributed by atoms with Gasteiger partial charge in [-0.05, 0) is 24.3 Å². The average molecular weight is 303 g/mol. The number of amides is 1. The summed E-state index contributed by atoms with van der Waals surface area (Å²) < 4.78 is 0. The minimum absolute atomic E-state index is 0.114. The van der Waals surface area contributed by atoms with E-state index in [0.717, 1.165) is 0 Å². The Hall–Kier alpha value is -1.36. The van der Waals surface area contributed by atoms with Crippen LogP contribution in [-0.2, 0) is 0 Å². The van der Waals surface area contributed by atoms with Gasteiger partial charge in [0.2, 0.25) is 5.95 Å². The molecule has 0 fully saturated rings. The fourth-order valence-electron chi connectivity index (χ4n) is 1.26. The first-order chi connectivity index (χ1) is 8.54. The van der Waals surface area contributed by atoms with Crippen LogP contribution in [0.25, 0.3) is 0 Å². The summed E-state index contributed by atoms with van der Waals surface area (Å²) in [4.78, 5) is 19.6. The predicted octanol–water partition coefficient (Wildman–Crippen LogP) is 3.69. The van der Waals surface area contributed by atoms with E-state index < -0.39 is 5.91 Å². The smallest absolute Gasteiger partial charge is 0.258 e. The van der Waals surface area contributed by atoms with Gasteiger partial charge >= 0.3 is 0 Å². The monoisotopic (exact) mass is 301 g/mol. The fraction of sp³-hybridized carbons (Fsp3) is 0. The van der Waals surface area contributed by atoms with Crippen molar-refractivity contribution in [3.8, 4) is 0 Å². The Balaban J connectivity index is 2.22. The zero-order valence-electron chi connectivity index (χ0n) is 8.82. The van der Waals surface area contributed by atoms with Crippen molar-refractivity contribution in [2.24, 2.45) is 0 Å². The Morgan fingerprint density at radius 1 is 1.11 bits per heavy atom. The second-order valence-electron chi connectivity index (χ2n) is 3.32. The van der Waals surface area contributed by atoms with Gasteiger partial charge in [-0.2, -0.15) is 0 Å². The third-order valence-electron chi connectivity index (χ3n) is 1.97. The van der Waals surface area contributed by atoms with Crippen LogP contribution in [0.1, 0.15) is 10.4 Å². The van der Waals surface area contributed by atoms with Crippen LogP contribution in [0.5, 0.6) is 0 Å². The zero-order valence-corrected chi connectivity index (χ0v) is 11.1. The molecule has 0 spiro atoms. The van der Waals surface area contributed by atoms with Gasteiger partial charge in [-0.25, -0.2) is 9.97 Å². The molecule has 1 aromatic carbocycles. The van der Waals surface area contributed by atoms with E-state index in [1.54, 1.807) is 0 Å². The quantitative estimate of drug-likeness (QED) is 0.861. The summed E-state index contributed by atoms with van der Waals surface area (Å²) in [6.07, 6.45) is 1.44. The van der Waals surface area contributed by atoms with E-state index in [9.17, 15) is 4.79 Å². The van der Waals surface area contributed by atoms with Crippen LogP contribution in [0.3, 0.4) is 0 Å². The minimum atomic E-state index is -0.415. The summed E-state index contributed by atoms with van der Waals surface area (Å²) in [7, 11) is 0. The summed E-state index contributed by atoms with van der Waals surface area (Å²) in [5.41, 5.74) is 0.316. The Labute approximate surface area is 118 Å². The van der Waals surface area contributed by atoms with Crippen LogP contribution >= 0.6 is 34.8 Å². The van der Waals surface area contributed by atoms with Gasteiger partial charge in [0, 0.05) is 21.8 Å². The van der Waals surface area contributed by atoms with E-state index in [0.29, 0.717) is 15.6 Å². The standard InChI is InChI=1S/C11H6Cl3N3O/c12-7-3-6(4-8(13)5-7)10(18)17-11-15-2-1-9(14)16-11/h1-5H,(H,15,16,17,18). The van der Waals surface area contributed by atoms with Gasteiger partial charge in [-0.1, -0.05) is 34.8 Å². The highest BCUT2D eigenvalue weighted by atomic mass is 35.5. The summed E-state index contributed by atoms with van der Waals surface area (Å²) >= 11 is 17.3. The third-order valence-corrected chi connectivity index (χ3v) is 2.62. The lowest BCUT2D eigenvalue weighted by atomic mass is 10.2. The summed E-state index contributed by atoms with van der Waals surface area (Å²) in [6, 6.07) is 6.03. The topological polar surface area (TPSA) is 54.9 Å². The van der Waals surface area contributed by atoms with Crippen molar-refractivity contribution in [1.82, 2.24) is 9.97 Å². The number of benzene rings is 1. The number of nitrogens with zero attached hydrogens (tertiary/aromatic N) is 2. The van der Waals surface area contributed by atoms with Crippen molar-refractivity contribution in [3.05, 3.63) is 51.2 Å². The Morgan fingerprint density at radius 2 is 1.78 bits per heavy atom. The number of halogens is 3. The molecule has 0 radical (unpaired) electrons.